The van der Waals surface area contributed by atoms with E-state index in [4.69, 9.17) is 5.26 Å². The van der Waals surface area contributed by atoms with Crippen molar-refractivity contribution < 1.29 is 23.6 Å². The van der Waals surface area contributed by atoms with Crippen LogP contribution in [0.4, 0.5) is 10.1 Å². The number of piperazine rings is 1. The number of amides is 4. The van der Waals surface area contributed by atoms with Gasteiger partial charge in [0, 0.05) is 43.4 Å². The number of carbonyl (C=O) groups excluding carboxylic acids is 4. The number of thioether (sulfide) groups is 1. The zero-order valence-electron chi connectivity index (χ0n) is 24.3. The Morgan fingerprint density at radius 2 is 1.77 bits per heavy atom. The second-order valence-electron chi connectivity index (χ2n) is 10.7. The molecule has 0 bridgehead atoms. The molecule has 1 fully saturated rings. The molecule has 11 heteroatoms. The molecule has 0 spiro atoms. The fourth-order valence-corrected chi connectivity index (χ4v) is 6.65. The standard InChI is InChI=1S/C33H32FN5O4S/c1-2-4-28(31(41)36-21-40)39-32(42)25-5-3-6-29(30(25)33(39)43)44-20-23-9-7-22(8-10-23)19-37-13-15-38(16-14-37)27-12-11-24(18-35)17-26(27)34/h3,5-12,17,21,28H,2,4,13-16,19-20H2,1H3,(H,36,40,41). The summed E-state index contributed by atoms with van der Waals surface area (Å²) in [5, 5.41) is 11.1. The maximum Gasteiger partial charge on any atom is 0.263 e. The van der Waals surface area contributed by atoms with Crippen molar-refractivity contribution in [3.63, 3.8) is 0 Å². The Kier molecular flexibility index (Phi) is 9.72. The number of hydrogen-bond donors (Lipinski definition) is 1. The van der Waals surface area contributed by atoms with Crippen LogP contribution in [0.5, 0.6) is 0 Å². The Labute approximate surface area is 259 Å². The van der Waals surface area contributed by atoms with Crippen LogP contribution in [-0.2, 0) is 21.9 Å². The van der Waals surface area contributed by atoms with Crippen LogP contribution in [0.15, 0.2) is 65.6 Å². The van der Waals surface area contributed by atoms with Gasteiger partial charge in [0.25, 0.3) is 11.8 Å². The van der Waals surface area contributed by atoms with E-state index in [1.807, 2.05) is 30.0 Å². The topological polar surface area (TPSA) is 114 Å². The zero-order valence-corrected chi connectivity index (χ0v) is 25.1. The minimum atomic E-state index is -1.05. The third kappa shape index (κ3) is 6.51. The predicted molar refractivity (Wildman–Crippen MR) is 164 cm³/mol. The molecule has 2 heterocycles. The largest absolute Gasteiger partial charge is 0.367 e. The van der Waals surface area contributed by atoms with Gasteiger partial charge in [-0.15, -0.1) is 11.8 Å². The lowest BCUT2D eigenvalue weighted by molar-refractivity contribution is -0.128. The fraction of sp³-hybridized carbons (Fsp3) is 0.303. The first-order valence-electron chi connectivity index (χ1n) is 14.5. The summed E-state index contributed by atoms with van der Waals surface area (Å²) >= 11 is 1.45. The summed E-state index contributed by atoms with van der Waals surface area (Å²) in [7, 11) is 0. The Bertz CT molecular complexity index is 1620. The fourth-order valence-electron chi connectivity index (χ4n) is 5.62. The monoisotopic (exact) mass is 613 g/mol. The molecular weight excluding hydrogens is 581 g/mol. The SMILES string of the molecule is CCCC(C(=O)NC=O)N1C(=O)c2cccc(SCc3ccc(CN4CCN(c5ccc(C#N)cc5F)CC4)cc3)c2C1=O. The molecule has 0 radical (unpaired) electrons. The lowest BCUT2D eigenvalue weighted by Crippen LogP contribution is -2.49. The second-order valence-corrected chi connectivity index (χ2v) is 11.8. The predicted octanol–water partition coefficient (Wildman–Crippen LogP) is 4.35. The molecule has 2 aliphatic heterocycles. The second kappa shape index (κ2) is 13.8. The number of anilines is 1. The van der Waals surface area contributed by atoms with Crippen molar-refractivity contribution in [2.24, 2.45) is 0 Å². The van der Waals surface area contributed by atoms with Gasteiger partial charge in [0.05, 0.1) is 28.4 Å². The van der Waals surface area contributed by atoms with Gasteiger partial charge in [-0.05, 0) is 47.9 Å². The third-order valence-electron chi connectivity index (χ3n) is 7.90. The van der Waals surface area contributed by atoms with Gasteiger partial charge in [0.2, 0.25) is 12.3 Å². The lowest BCUT2D eigenvalue weighted by atomic mass is 10.1. The number of rotatable bonds is 11. The van der Waals surface area contributed by atoms with Crippen molar-refractivity contribution in [1.29, 1.82) is 5.26 Å². The maximum absolute atomic E-state index is 14.4. The molecule has 5 rings (SSSR count). The highest BCUT2D eigenvalue weighted by molar-refractivity contribution is 7.98. The summed E-state index contributed by atoms with van der Waals surface area (Å²) in [5.41, 5.74) is 3.60. The van der Waals surface area contributed by atoms with E-state index in [2.05, 4.69) is 22.3 Å². The van der Waals surface area contributed by atoms with E-state index < -0.39 is 23.8 Å². The highest BCUT2D eigenvalue weighted by Crippen LogP contribution is 2.35. The van der Waals surface area contributed by atoms with Crippen LogP contribution in [0.25, 0.3) is 0 Å². The summed E-state index contributed by atoms with van der Waals surface area (Å²) in [6.07, 6.45) is 1.07. The van der Waals surface area contributed by atoms with Gasteiger partial charge in [-0.1, -0.05) is 43.7 Å². The minimum Gasteiger partial charge on any atom is -0.367 e. The van der Waals surface area contributed by atoms with E-state index in [1.54, 1.807) is 30.3 Å². The highest BCUT2D eigenvalue weighted by Gasteiger charge is 2.43. The third-order valence-corrected chi connectivity index (χ3v) is 9.03. The van der Waals surface area contributed by atoms with Crippen LogP contribution in [0.3, 0.4) is 0 Å². The van der Waals surface area contributed by atoms with E-state index >= 15 is 0 Å². The Hall–Kier alpha value is -4.53. The van der Waals surface area contributed by atoms with Crippen molar-refractivity contribution >= 4 is 41.6 Å². The molecule has 226 valence electrons. The molecule has 3 aromatic rings. The Morgan fingerprint density at radius 3 is 2.43 bits per heavy atom. The van der Waals surface area contributed by atoms with E-state index in [0.717, 1.165) is 35.7 Å². The number of carbonyl (C=O) groups is 4. The van der Waals surface area contributed by atoms with E-state index in [1.165, 1.54) is 17.8 Å². The highest BCUT2D eigenvalue weighted by atomic mass is 32.2. The average Bonchev–Trinajstić information content (AvgIpc) is 3.29. The maximum atomic E-state index is 14.4. The molecule has 0 saturated carbocycles. The molecule has 0 aliphatic carbocycles. The molecule has 1 saturated heterocycles. The molecule has 4 amide bonds. The van der Waals surface area contributed by atoms with Crippen molar-refractivity contribution in [3.05, 3.63) is 94.3 Å². The van der Waals surface area contributed by atoms with Crippen molar-refractivity contribution in [1.82, 2.24) is 15.1 Å². The molecular formula is C33H32FN5O4S. The van der Waals surface area contributed by atoms with E-state index in [0.29, 0.717) is 47.0 Å². The first-order chi connectivity index (χ1) is 21.3. The van der Waals surface area contributed by atoms with Gasteiger partial charge in [-0.2, -0.15) is 5.26 Å². The normalized spacial score (nSPS) is 15.6. The van der Waals surface area contributed by atoms with Crippen LogP contribution in [-0.4, -0.2) is 66.2 Å². The van der Waals surface area contributed by atoms with Gasteiger partial charge in [0.15, 0.2) is 0 Å². The van der Waals surface area contributed by atoms with Gasteiger partial charge < -0.3 is 4.90 Å². The van der Waals surface area contributed by atoms with E-state index in [9.17, 15) is 23.6 Å². The van der Waals surface area contributed by atoms with Gasteiger partial charge >= 0.3 is 0 Å². The molecule has 2 aliphatic rings. The average molecular weight is 614 g/mol. The number of nitrogens with one attached hydrogen (secondary N) is 1. The number of fused-ring (bicyclic) bond motifs is 1. The van der Waals surface area contributed by atoms with Crippen LogP contribution in [0.1, 0.15) is 57.2 Å². The quantitative estimate of drug-likeness (QED) is 0.193. The molecule has 1 N–H and O–H groups in total. The Morgan fingerprint density at radius 1 is 1.05 bits per heavy atom. The number of nitrogens with zero attached hydrogens (tertiary/aromatic N) is 4. The van der Waals surface area contributed by atoms with Crippen molar-refractivity contribution in [3.8, 4) is 6.07 Å². The molecule has 0 aromatic heterocycles. The summed E-state index contributed by atoms with van der Waals surface area (Å²) in [6, 6.07) is 18.9. The number of imide groups is 2. The summed E-state index contributed by atoms with van der Waals surface area (Å²) in [5.74, 6) is -1.52. The summed E-state index contributed by atoms with van der Waals surface area (Å²) < 4.78 is 14.4. The summed E-state index contributed by atoms with van der Waals surface area (Å²) in [4.78, 5) is 55.9. The molecule has 44 heavy (non-hydrogen) atoms. The van der Waals surface area contributed by atoms with E-state index in [-0.39, 0.29) is 24.2 Å². The van der Waals surface area contributed by atoms with Crippen molar-refractivity contribution in [2.45, 2.75) is 43.0 Å². The smallest absolute Gasteiger partial charge is 0.263 e. The number of hydrogen-bond acceptors (Lipinski definition) is 8. The van der Waals surface area contributed by atoms with Crippen LogP contribution in [0, 0.1) is 17.1 Å². The molecule has 1 unspecified atom stereocenters. The van der Waals surface area contributed by atoms with Crippen LogP contribution < -0.4 is 10.2 Å². The van der Waals surface area contributed by atoms with Crippen molar-refractivity contribution in [2.75, 3.05) is 31.1 Å². The first-order valence-corrected chi connectivity index (χ1v) is 15.5. The molecule has 9 nitrogen and oxygen atoms in total. The van der Waals surface area contributed by atoms with Crippen LogP contribution in [0.2, 0.25) is 0 Å². The van der Waals surface area contributed by atoms with Gasteiger partial charge in [-0.25, -0.2) is 4.39 Å². The summed E-state index contributed by atoms with van der Waals surface area (Å²) in [6.45, 7) is 5.57. The number of benzene rings is 3. The van der Waals surface area contributed by atoms with Crippen LogP contribution >= 0.6 is 11.8 Å². The van der Waals surface area contributed by atoms with Gasteiger partial charge in [0.1, 0.15) is 11.9 Å². The van der Waals surface area contributed by atoms with Gasteiger partial charge in [-0.3, -0.25) is 34.3 Å². The minimum absolute atomic E-state index is 0.255. The molecule has 3 aromatic carbocycles. The lowest BCUT2D eigenvalue weighted by Gasteiger charge is -2.36. The number of halogens is 1. The number of nitriles is 1. The molecule has 1 atom stereocenters. The Balaban J connectivity index is 1.18. The zero-order chi connectivity index (χ0) is 31.2. The first kappa shape index (κ1) is 30.9.